The maximum Gasteiger partial charge on any atom is 0.280 e. The van der Waals surface area contributed by atoms with Gasteiger partial charge in [0.15, 0.2) is 5.82 Å². The van der Waals surface area contributed by atoms with Gasteiger partial charge in [0.25, 0.3) is 11.5 Å². The molecule has 2 aliphatic rings. The first kappa shape index (κ1) is 20.0. The average Bonchev–Trinajstić information content (AvgIpc) is 3.15. The Morgan fingerprint density at radius 1 is 1.31 bits per heavy atom. The maximum atomic E-state index is 13.0. The molecule has 5 rings (SSSR count). The fourth-order valence-corrected chi connectivity index (χ4v) is 4.35. The van der Waals surface area contributed by atoms with Crippen LogP contribution in [0.3, 0.4) is 0 Å². The molecule has 2 aromatic heterocycles. The third-order valence-corrected chi connectivity index (χ3v) is 6.14. The van der Waals surface area contributed by atoms with E-state index in [1.807, 2.05) is 6.07 Å². The molecule has 3 aromatic rings. The van der Waals surface area contributed by atoms with Gasteiger partial charge in [-0.25, -0.2) is 9.67 Å². The summed E-state index contributed by atoms with van der Waals surface area (Å²) in [4.78, 5) is 29.8. The number of nitriles is 1. The molecule has 1 aliphatic heterocycles. The van der Waals surface area contributed by atoms with Crippen LogP contribution in [0.2, 0.25) is 0 Å². The number of carbonyl (C=O) groups is 1. The van der Waals surface area contributed by atoms with Crippen LogP contribution in [0.5, 0.6) is 5.75 Å². The van der Waals surface area contributed by atoms with E-state index in [0.717, 1.165) is 26.1 Å². The molecule has 162 valence electrons. The summed E-state index contributed by atoms with van der Waals surface area (Å²) in [5.41, 5.74) is 1.79. The lowest BCUT2D eigenvalue weighted by molar-refractivity contribution is -0.165. The number of nitrogens with one attached hydrogen (secondary N) is 2. The van der Waals surface area contributed by atoms with Crippen molar-refractivity contribution in [1.82, 2.24) is 20.1 Å². The number of nitrogens with zero attached hydrogens (tertiary/aromatic N) is 3. The summed E-state index contributed by atoms with van der Waals surface area (Å²) >= 11 is 0. The summed E-state index contributed by atoms with van der Waals surface area (Å²) in [6.07, 6.45) is 4.92. The Morgan fingerprint density at radius 2 is 2.12 bits per heavy atom. The molecule has 9 nitrogen and oxygen atoms in total. The molecule has 1 aliphatic carbocycles. The van der Waals surface area contributed by atoms with Gasteiger partial charge in [0.1, 0.15) is 5.75 Å². The molecule has 1 spiro atoms. The summed E-state index contributed by atoms with van der Waals surface area (Å²) < 4.78 is 11.9. The number of hydrogen-bond acceptors (Lipinski definition) is 6. The molecule has 0 atom stereocenters. The van der Waals surface area contributed by atoms with Gasteiger partial charge in [-0.1, -0.05) is 0 Å². The number of ether oxygens (including phenoxy) is 2. The van der Waals surface area contributed by atoms with E-state index in [4.69, 9.17) is 14.7 Å². The van der Waals surface area contributed by atoms with Crippen molar-refractivity contribution in [3.8, 4) is 28.8 Å². The molecule has 1 aromatic carbocycles. The first-order valence-corrected chi connectivity index (χ1v) is 10.3. The number of amides is 1. The minimum Gasteiger partial charge on any atom is -0.496 e. The molecular formula is C23H21N5O4. The van der Waals surface area contributed by atoms with Crippen LogP contribution < -0.4 is 15.6 Å². The molecule has 1 saturated heterocycles. The van der Waals surface area contributed by atoms with Crippen molar-refractivity contribution in [3.63, 3.8) is 0 Å². The van der Waals surface area contributed by atoms with E-state index in [1.54, 1.807) is 36.5 Å². The number of hydrogen-bond donors (Lipinski definition) is 2. The van der Waals surface area contributed by atoms with Crippen molar-refractivity contribution in [2.75, 3.05) is 20.3 Å². The zero-order valence-corrected chi connectivity index (χ0v) is 17.4. The fraction of sp³-hybridized carbons (Fsp3) is 0.304. The van der Waals surface area contributed by atoms with Gasteiger partial charge in [-0.05, 0) is 43.2 Å². The van der Waals surface area contributed by atoms with Crippen LogP contribution in [-0.2, 0) is 4.74 Å². The molecule has 9 heteroatoms. The molecule has 1 saturated carbocycles. The zero-order valence-electron chi connectivity index (χ0n) is 17.4. The number of methoxy groups -OCH3 is 1. The van der Waals surface area contributed by atoms with E-state index in [0.29, 0.717) is 33.8 Å². The molecule has 2 fully saturated rings. The number of benzene rings is 1. The molecule has 1 amide bonds. The SMILES string of the molecule is COc1cc(C#N)ccc1-c1c[nH]n(-c2ccc(C(=O)NC3CC4(COC4)C3)cn2)c1=O. The van der Waals surface area contributed by atoms with E-state index in [2.05, 4.69) is 15.4 Å². The molecule has 32 heavy (non-hydrogen) atoms. The highest BCUT2D eigenvalue weighted by Crippen LogP contribution is 2.46. The van der Waals surface area contributed by atoms with Crippen LogP contribution in [-0.4, -0.2) is 47.0 Å². The highest BCUT2D eigenvalue weighted by atomic mass is 16.5. The summed E-state index contributed by atoms with van der Waals surface area (Å²) in [6, 6.07) is 10.4. The second-order valence-corrected chi connectivity index (χ2v) is 8.33. The number of aromatic nitrogens is 3. The van der Waals surface area contributed by atoms with Crippen molar-refractivity contribution in [2.45, 2.75) is 18.9 Å². The number of pyridine rings is 1. The Labute approximate surface area is 183 Å². The fourth-order valence-electron chi connectivity index (χ4n) is 4.35. The molecule has 3 heterocycles. The van der Waals surface area contributed by atoms with E-state index >= 15 is 0 Å². The summed E-state index contributed by atoms with van der Waals surface area (Å²) in [6.45, 7) is 1.58. The first-order valence-electron chi connectivity index (χ1n) is 10.3. The van der Waals surface area contributed by atoms with E-state index in [-0.39, 0.29) is 22.9 Å². The van der Waals surface area contributed by atoms with Gasteiger partial charge >= 0.3 is 0 Å². The quantitative estimate of drug-likeness (QED) is 0.637. The minimum absolute atomic E-state index is 0.169. The van der Waals surface area contributed by atoms with Crippen LogP contribution in [0.1, 0.15) is 28.8 Å². The third-order valence-electron chi connectivity index (χ3n) is 6.14. The maximum absolute atomic E-state index is 13.0. The third kappa shape index (κ3) is 3.35. The summed E-state index contributed by atoms with van der Waals surface area (Å²) in [5, 5.41) is 15.0. The summed E-state index contributed by atoms with van der Waals surface area (Å²) in [5.74, 6) is 0.615. The van der Waals surface area contributed by atoms with Crippen molar-refractivity contribution >= 4 is 5.91 Å². The van der Waals surface area contributed by atoms with Gasteiger partial charge in [-0.2, -0.15) is 5.26 Å². The standard InChI is InChI=1S/C23H21N5O4/c1-31-19-6-14(9-24)2-4-17(19)18-11-26-28(22(18)30)20-5-3-15(10-25-20)21(29)27-16-7-23(8-16)12-32-13-23/h2-6,10-11,16,26H,7-8,12-13H2,1H3,(H,27,29). The van der Waals surface area contributed by atoms with E-state index in [9.17, 15) is 9.59 Å². The molecular weight excluding hydrogens is 410 g/mol. The number of aromatic amines is 1. The van der Waals surface area contributed by atoms with Gasteiger partial charge in [-0.3, -0.25) is 14.7 Å². The van der Waals surface area contributed by atoms with Gasteiger partial charge in [-0.15, -0.1) is 0 Å². The van der Waals surface area contributed by atoms with Crippen molar-refractivity contribution in [2.24, 2.45) is 5.41 Å². The highest BCUT2D eigenvalue weighted by Gasteiger charge is 2.50. The predicted octanol–water partition coefficient (Wildman–Crippen LogP) is 2.02. The second kappa shape index (κ2) is 7.66. The Kier molecular flexibility index (Phi) is 4.79. The van der Waals surface area contributed by atoms with Gasteiger partial charge in [0.05, 0.1) is 43.1 Å². The predicted molar refractivity (Wildman–Crippen MR) is 115 cm³/mol. The Bertz CT molecular complexity index is 1270. The first-order chi connectivity index (χ1) is 15.5. The van der Waals surface area contributed by atoms with Crippen molar-refractivity contribution < 1.29 is 14.3 Å². The van der Waals surface area contributed by atoms with Gasteiger partial charge in [0.2, 0.25) is 0 Å². The average molecular weight is 431 g/mol. The van der Waals surface area contributed by atoms with Gasteiger partial charge in [0, 0.05) is 29.4 Å². The van der Waals surface area contributed by atoms with E-state index < -0.39 is 0 Å². The molecule has 0 unspecified atom stereocenters. The molecule has 2 N–H and O–H groups in total. The monoisotopic (exact) mass is 431 g/mol. The Hall–Kier alpha value is -3.90. The molecule has 0 radical (unpaired) electrons. The summed E-state index contributed by atoms with van der Waals surface area (Å²) in [7, 11) is 1.49. The lowest BCUT2D eigenvalue weighted by Gasteiger charge is -2.53. The van der Waals surface area contributed by atoms with Crippen molar-refractivity contribution in [1.29, 1.82) is 5.26 Å². The lowest BCUT2D eigenvalue weighted by Crippen LogP contribution is -2.59. The number of carbonyl (C=O) groups excluding carboxylic acids is 1. The smallest absolute Gasteiger partial charge is 0.280 e. The number of rotatable bonds is 5. The van der Waals surface area contributed by atoms with Crippen LogP contribution in [0.4, 0.5) is 0 Å². The van der Waals surface area contributed by atoms with Crippen LogP contribution in [0, 0.1) is 16.7 Å². The van der Waals surface area contributed by atoms with E-state index in [1.165, 1.54) is 18.0 Å². The van der Waals surface area contributed by atoms with Gasteiger partial charge < -0.3 is 14.8 Å². The lowest BCUT2D eigenvalue weighted by atomic mass is 9.64. The normalized spacial score (nSPS) is 16.6. The largest absolute Gasteiger partial charge is 0.496 e. The zero-order chi connectivity index (χ0) is 22.3. The highest BCUT2D eigenvalue weighted by molar-refractivity contribution is 5.94. The number of H-pyrrole nitrogens is 1. The molecule has 0 bridgehead atoms. The topological polar surface area (TPSA) is 122 Å². The Morgan fingerprint density at radius 3 is 2.75 bits per heavy atom. The van der Waals surface area contributed by atoms with Crippen molar-refractivity contribution in [3.05, 3.63) is 64.2 Å². The van der Waals surface area contributed by atoms with Crippen LogP contribution in [0.15, 0.2) is 47.5 Å². The van der Waals surface area contributed by atoms with Crippen LogP contribution in [0.25, 0.3) is 16.9 Å². The second-order valence-electron chi connectivity index (χ2n) is 8.33. The minimum atomic E-state index is -0.319. The van der Waals surface area contributed by atoms with Crippen LogP contribution >= 0.6 is 0 Å². The Balaban J connectivity index is 1.33.